The number of rotatable bonds is 6. The molecule has 0 bridgehead atoms. The number of carbonyl (C=O) groups is 1. The lowest BCUT2D eigenvalue weighted by Gasteiger charge is -2.29. The Morgan fingerprint density at radius 1 is 1.18 bits per heavy atom. The van der Waals surface area contributed by atoms with Crippen LogP contribution in [0.4, 0.5) is 0 Å². The zero-order valence-corrected chi connectivity index (χ0v) is 20.5. The third kappa shape index (κ3) is 4.37. The highest BCUT2D eigenvalue weighted by Gasteiger charge is 2.41. The van der Waals surface area contributed by atoms with Gasteiger partial charge in [-0.2, -0.15) is 0 Å². The quantitative estimate of drug-likeness (QED) is 0.415. The van der Waals surface area contributed by atoms with E-state index in [1.54, 1.807) is 12.1 Å². The molecule has 0 spiro atoms. The van der Waals surface area contributed by atoms with E-state index in [1.165, 1.54) is 12.7 Å². The molecule has 6 nitrogen and oxygen atoms in total. The van der Waals surface area contributed by atoms with E-state index in [4.69, 9.17) is 17.0 Å². The van der Waals surface area contributed by atoms with Crippen molar-refractivity contribution in [1.29, 1.82) is 0 Å². The van der Waals surface area contributed by atoms with Crippen LogP contribution in [0.25, 0.3) is 5.69 Å². The second-order valence-corrected chi connectivity index (χ2v) is 9.26. The number of thiocarbonyl (C=S) groups is 1. The predicted octanol–water partition coefficient (Wildman–Crippen LogP) is 4.90. The van der Waals surface area contributed by atoms with Crippen LogP contribution >= 0.6 is 12.2 Å². The standard InChI is InChI=1S/C26H30N4O2S/c1-16(2)15-29-24(23(28-26(29)33)22-8-6-7-13-27-22)21-14-17(3)30(18(21)4)20-11-9-19(10-12-20)25(31)32-5/h6-14,16,23-24H,15H2,1-5H3,(H,28,33)/t23-,24+/m1/s1. The van der Waals surface area contributed by atoms with E-state index in [1.807, 2.05) is 30.5 Å². The lowest BCUT2D eigenvalue weighted by atomic mass is 9.96. The van der Waals surface area contributed by atoms with Crippen molar-refractivity contribution in [2.75, 3.05) is 13.7 Å². The van der Waals surface area contributed by atoms with Crippen molar-refractivity contribution < 1.29 is 9.53 Å². The molecule has 1 N–H and O–H groups in total. The Morgan fingerprint density at radius 3 is 2.52 bits per heavy atom. The summed E-state index contributed by atoms with van der Waals surface area (Å²) in [6.45, 7) is 9.52. The van der Waals surface area contributed by atoms with Crippen molar-refractivity contribution in [1.82, 2.24) is 19.8 Å². The second kappa shape index (κ2) is 9.35. The fourth-order valence-corrected chi connectivity index (χ4v) is 5.00. The number of carbonyl (C=O) groups excluding carboxylic acids is 1. The predicted molar refractivity (Wildman–Crippen MR) is 134 cm³/mol. The van der Waals surface area contributed by atoms with E-state index in [0.717, 1.165) is 34.4 Å². The molecule has 2 atom stereocenters. The molecule has 1 fully saturated rings. The Morgan fingerprint density at radius 2 is 1.91 bits per heavy atom. The molecule has 1 aliphatic heterocycles. The van der Waals surface area contributed by atoms with Gasteiger partial charge in [-0.3, -0.25) is 4.98 Å². The molecule has 3 aromatic rings. The largest absolute Gasteiger partial charge is 0.465 e. The van der Waals surface area contributed by atoms with Gasteiger partial charge in [0.25, 0.3) is 0 Å². The molecular weight excluding hydrogens is 432 g/mol. The van der Waals surface area contributed by atoms with Gasteiger partial charge in [0.1, 0.15) is 0 Å². The van der Waals surface area contributed by atoms with Crippen molar-refractivity contribution in [3.8, 4) is 5.69 Å². The van der Waals surface area contributed by atoms with Crippen molar-refractivity contribution in [2.45, 2.75) is 39.8 Å². The summed E-state index contributed by atoms with van der Waals surface area (Å²) in [7, 11) is 1.39. The fourth-order valence-electron chi connectivity index (χ4n) is 4.68. The van der Waals surface area contributed by atoms with Gasteiger partial charge in [-0.25, -0.2) is 4.79 Å². The Balaban J connectivity index is 1.78. The summed E-state index contributed by atoms with van der Waals surface area (Å²) in [4.78, 5) is 18.8. The highest BCUT2D eigenvalue weighted by atomic mass is 32.1. The van der Waals surface area contributed by atoms with Crippen LogP contribution in [-0.4, -0.2) is 39.2 Å². The first-order valence-corrected chi connectivity index (χ1v) is 11.6. The van der Waals surface area contributed by atoms with Crippen LogP contribution in [0.1, 0.15) is 58.9 Å². The molecule has 0 radical (unpaired) electrons. The van der Waals surface area contributed by atoms with Crippen LogP contribution in [0.5, 0.6) is 0 Å². The molecule has 33 heavy (non-hydrogen) atoms. The van der Waals surface area contributed by atoms with E-state index in [2.05, 4.69) is 59.6 Å². The molecule has 1 saturated heterocycles. The Kier molecular flexibility index (Phi) is 6.51. The van der Waals surface area contributed by atoms with Gasteiger partial charge in [0, 0.05) is 29.8 Å². The number of nitrogens with zero attached hydrogens (tertiary/aromatic N) is 3. The van der Waals surface area contributed by atoms with Gasteiger partial charge in [0.05, 0.1) is 30.5 Å². The van der Waals surface area contributed by atoms with Crippen molar-refractivity contribution in [3.63, 3.8) is 0 Å². The molecule has 4 rings (SSSR count). The third-order valence-electron chi connectivity index (χ3n) is 6.10. The van der Waals surface area contributed by atoms with Crippen molar-refractivity contribution >= 4 is 23.3 Å². The normalized spacial score (nSPS) is 18.0. The first-order chi connectivity index (χ1) is 15.8. The van der Waals surface area contributed by atoms with Crippen molar-refractivity contribution in [3.05, 3.63) is 82.9 Å². The Labute approximate surface area is 200 Å². The van der Waals surface area contributed by atoms with Crippen LogP contribution in [0, 0.1) is 19.8 Å². The second-order valence-electron chi connectivity index (χ2n) is 8.87. The van der Waals surface area contributed by atoms with Crippen LogP contribution in [0.15, 0.2) is 54.7 Å². The summed E-state index contributed by atoms with van der Waals surface area (Å²) in [5.41, 5.74) is 5.99. The maximum Gasteiger partial charge on any atom is 0.337 e. The number of ether oxygens (including phenoxy) is 1. The maximum absolute atomic E-state index is 11.8. The zero-order valence-electron chi connectivity index (χ0n) is 19.7. The van der Waals surface area contributed by atoms with Gasteiger partial charge in [-0.05, 0) is 80.0 Å². The summed E-state index contributed by atoms with van der Waals surface area (Å²) in [5, 5.41) is 4.29. The first kappa shape index (κ1) is 23.0. The van der Waals surface area contributed by atoms with Crippen LogP contribution in [-0.2, 0) is 4.74 Å². The first-order valence-electron chi connectivity index (χ1n) is 11.2. The SMILES string of the molecule is COC(=O)c1ccc(-n2c(C)cc([C@H]3[C@@H](c4ccccn4)NC(=S)N3CC(C)C)c2C)cc1. The van der Waals surface area contributed by atoms with Gasteiger partial charge in [0.15, 0.2) is 5.11 Å². The van der Waals surface area contributed by atoms with Gasteiger partial charge in [-0.15, -0.1) is 0 Å². The van der Waals surface area contributed by atoms with Gasteiger partial charge < -0.3 is 19.5 Å². The summed E-state index contributed by atoms with van der Waals surface area (Å²) in [6.07, 6.45) is 1.83. The Hall–Kier alpha value is -3.19. The number of hydrogen-bond acceptors (Lipinski definition) is 4. The molecule has 3 heterocycles. The summed E-state index contributed by atoms with van der Waals surface area (Å²) >= 11 is 5.78. The molecule has 2 aromatic heterocycles. The number of benzene rings is 1. The monoisotopic (exact) mass is 462 g/mol. The molecule has 0 amide bonds. The third-order valence-corrected chi connectivity index (χ3v) is 6.45. The van der Waals surface area contributed by atoms with Gasteiger partial charge in [-0.1, -0.05) is 19.9 Å². The average molecular weight is 463 g/mol. The number of aryl methyl sites for hydroxylation is 1. The minimum Gasteiger partial charge on any atom is -0.465 e. The highest BCUT2D eigenvalue weighted by Crippen LogP contribution is 2.41. The Bertz CT molecular complexity index is 1160. The average Bonchev–Trinajstić information content (AvgIpc) is 3.28. The number of pyridine rings is 1. The zero-order chi connectivity index (χ0) is 23.7. The van der Waals surface area contributed by atoms with Gasteiger partial charge in [0.2, 0.25) is 0 Å². The van der Waals surface area contributed by atoms with E-state index in [-0.39, 0.29) is 18.1 Å². The van der Waals surface area contributed by atoms with Crippen LogP contribution in [0.2, 0.25) is 0 Å². The number of hydrogen-bond donors (Lipinski definition) is 1. The highest BCUT2D eigenvalue weighted by molar-refractivity contribution is 7.80. The molecule has 0 unspecified atom stereocenters. The summed E-state index contributed by atoms with van der Waals surface area (Å²) < 4.78 is 7.05. The minimum atomic E-state index is -0.337. The lowest BCUT2D eigenvalue weighted by molar-refractivity contribution is 0.0600. The maximum atomic E-state index is 11.8. The molecule has 172 valence electrons. The van der Waals surface area contributed by atoms with E-state index < -0.39 is 0 Å². The lowest BCUT2D eigenvalue weighted by Crippen LogP contribution is -2.33. The molecule has 1 aliphatic rings. The molecule has 7 heteroatoms. The summed E-state index contributed by atoms with van der Waals surface area (Å²) in [6, 6.07) is 15.7. The minimum absolute atomic E-state index is 0.0316. The van der Waals surface area contributed by atoms with E-state index in [9.17, 15) is 4.79 Å². The number of nitrogens with one attached hydrogen (secondary N) is 1. The van der Waals surface area contributed by atoms with Crippen molar-refractivity contribution in [2.24, 2.45) is 5.92 Å². The van der Waals surface area contributed by atoms with Crippen LogP contribution in [0.3, 0.4) is 0 Å². The van der Waals surface area contributed by atoms with Crippen LogP contribution < -0.4 is 5.32 Å². The molecule has 0 aliphatic carbocycles. The summed E-state index contributed by atoms with van der Waals surface area (Å²) in [5.74, 6) is 0.125. The molecular formula is C26H30N4O2S. The topological polar surface area (TPSA) is 59.4 Å². The number of methoxy groups -OCH3 is 1. The number of aromatic nitrogens is 2. The smallest absolute Gasteiger partial charge is 0.337 e. The van der Waals surface area contributed by atoms with E-state index in [0.29, 0.717) is 11.5 Å². The molecule has 1 aromatic carbocycles. The van der Waals surface area contributed by atoms with Gasteiger partial charge >= 0.3 is 5.97 Å². The molecule has 0 saturated carbocycles. The number of esters is 1. The fraction of sp³-hybridized carbons (Fsp3) is 0.346. The van der Waals surface area contributed by atoms with E-state index >= 15 is 0 Å².